The maximum Gasteiger partial charge on any atom is 0.253 e. The lowest BCUT2D eigenvalue weighted by molar-refractivity contribution is -0.127. The van der Waals surface area contributed by atoms with Crippen molar-refractivity contribution in [2.75, 3.05) is 19.7 Å². The number of aliphatic hydroxyl groups excluding tert-OH is 1. The van der Waals surface area contributed by atoms with Crippen LogP contribution in [0.15, 0.2) is 30.3 Å². The summed E-state index contributed by atoms with van der Waals surface area (Å²) in [6, 6.07) is 9.36. The van der Waals surface area contributed by atoms with Crippen LogP contribution in [-0.4, -0.2) is 47.6 Å². The summed E-state index contributed by atoms with van der Waals surface area (Å²) in [6.07, 6.45) is 4.35. The van der Waals surface area contributed by atoms with Crippen molar-refractivity contribution in [3.05, 3.63) is 35.9 Å². The molecule has 1 saturated heterocycles. The molecular formula is C20H28N2O3. The van der Waals surface area contributed by atoms with Crippen molar-refractivity contribution in [2.24, 2.45) is 11.3 Å². The van der Waals surface area contributed by atoms with E-state index in [-0.39, 0.29) is 35.8 Å². The van der Waals surface area contributed by atoms with Crippen LogP contribution < -0.4 is 5.32 Å². The number of carbonyl (C=O) groups is 2. The molecule has 0 aromatic heterocycles. The van der Waals surface area contributed by atoms with Crippen molar-refractivity contribution in [2.45, 2.75) is 45.1 Å². The monoisotopic (exact) mass is 344 g/mol. The van der Waals surface area contributed by atoms with Gasteiger partial charge in [-0.3, -0.25) is 9.59 Å². The summed E-state index contributed by atoms with van der Waals surface area (Å²) in [7, 11) is 0. The SMILES string of the molecule is CC1(CO)CCCC1NC(=O)C1CCN(C(=O)c2ccccc2)CC1. The predicted octanol–water partition coefficient (Wildman–Crippen LogP) is 2.21. The van der Waals surface area contributed by atoms with Crippen LogP contribution in [0.2, 0.25) is 0 Å². The van der Waals surface area contributed by atoms with E-state index in [1.54, 1.807) is 0 Å². The van der Waals surface area contributed by atoms with Crippen LogP contribution in [0.5, 0.6) is 0 Å². The van der Waals surface area contributed by atoms with Crippen molar-refractivity contribution >= 4 is 11.8 Å². The molecule has 1 aliphatic carbocycles. The van der Waals surface area contributed by atoms with Gasteiger partial charge in [-0.25, -0.2) is 0 Å². The first kappa shape index (κ1) is 17.9. The zero-order chi connectivity index (χ0) is 17.9. The highest BCUT2D eigenvalue weighted by Crippen LogP contribution is 2.37. The van der Waals surface area contributed by atoms with E-state index in [0.717, 1.165) is 19.3 Å². The summed E-state index contributed by atoms with van der Waals surface area (Å²) in [5.41, 5.74) is 0.509. The smallest absolute Gasteiger partial charge is 0.253 e. The largest absolute Gasteiger partial charge is 0.396 e. The second kappa shape index (κ2) is 7.56. The van der Waals surface area contributed by atoms with Gasteiger partial charge < -0.3 is 15.3 Å². The number of hydrogen-bond acceptors (Lipinski definition) is 3. The lowest BCUT2D eigenvalue weighted by Gasteiger charge is -2.34. The predicted molar refractivity (Wildman–Crippen MR) is 96.0 cm³/mol. The number of nitrogens with zero attached hydrogens (tertiary/aromatic N) is 1. The maximum absolute atomic E-state index is 12.6. The van der Waals surface area contributed by atoms with Crippen LogP contribution in [0.4, 0.5) is 0 Å². The Morgan fingerprint density at radius 3 is 2.52 bits per heavy atom. The third-order valence-electron chi connectivity index (χ3n) is 5.93. The third kappa shape index (κ3) is 3.87. The molecule has 1 aromatic carbocycles. The first-order chi connectivity index (χ1) is 12.0. The van der Waals surface area contributed by atoms with E-state index in [4.69, 9.17) is 0 Å². The minimum Gasteiger partial charge on any atom is -0.396 e. The number of aliphatic hydroxyl groups is 1. The Balaban J connectivity index is 1.52. The first-order valence-corrected chi connectivity index (χ1v) is 9.29. The number of rotatable bonds is 4. The number of benzene rings is 1. The summed E-state index contributed by atoms with van der Waals surface area (Å²) < 4.78 is 0. The lowest BCUT2D eigenvalue weighted by atomic mass is 9.85. The average Bonchev–Trinajstić information content (AvgIpc) is 3.03. The first-order valence-electron chi connectivity index (χ1n) is 9.29. The van der Waals surface area contributed by atoms with Gasteiger partial charge in [0.2, 0.25) is 5.91 Å². The third-order valence-corrected chi connectivity index (χ3v) is 5.93. The summed E-state index contributed by atoms with van der Waals surface area (Å²) in [5, 5.41) is 12.8. The molecule has 2 atom stereocenters. The standard InChI is InChI=1S/C20H28N2O3/c1-20(14-23)11-5-8-17(20)21-18(24)15-9-12-22(13-10-15)19(25)16-6-3-2-4-7-16/h2-4,6-7,15,17,23H,5,8-14H2,1H3,(H,21,24). The highest BCUT2D eigenvalue weighted by molar-refractivity contribution is 5.94. The van der Waals surface area contributed by atoms with Gasteiger partial charge in [-0.2, -0.15) is 0 Å². The van der Waals surface area contributed by atoms with E-state index in [1.807, 2.05) is 42.2 Å². The minimum atomic E-state index is -0.195. The Morgan fingerprint density at radius 2 is 1.88 bits per heavy atom. The normalized spacial score (nSPS) is 27.3. The highest BCUT2D eigenvalue weighted by atomic mass is 16.3. The van der Waals surface area contributed by atoms with Crippen LogP contribution >= 0.6 is 0 Å². The van der Waals surface area contributed by atoms with Gasteiger partial charge >= 0.3 is 0 Å². The Labute approximate surface area is 149 Å². The van der Waals surface area contributed by atoms with Gasteiger partial charge in [-0.15, -0.1) is 0 Å². The van der Waals surface area contributed by atoms with Crippen LogP contribution in [0.3, 0.4) is 0 Å². The highest BCUT2D eigenvalue weighted by Gasteiger charge is 2.40. The molecule has 3 rings (SSSR count). The van der Waals surface area contributed by atoms with E-state index in [0.29, 0.717) is 31.5 Å². The Kier molecular flexibility index (Phi) is 5.42. The Morgan fingerprint density at radius 1 is 1.20 bits per heavy atom. The topological polar surface area (TPSA) is 69.6 Å². The van der Waals surface area contributed by atoms with Crippen molar-refractivity contribution in [3.8, 4) is 0 Å². The number of carbonyl (C=O) groups excluding carboxylic acids is 2. The van der Waals surface area contributed by atoms with Crippen molar-refractivity contribution < 1.29 is 14.7 Å². The van der Waals surface area contributed by atoms with E-state index < -0.39 is 0 Å². The maximum atomic E-state index is 12.6. The fraction of sp³-hybridized carbons (Fsp3) is 0.600. The summed E-state index contributed by atoms with van der Waals surface area (Å²) in [4.78, 5) is 26.9. The molecule has 1 heterocycles. The van der Waals surface area contributed by atoms with E-state index >= 15 is 0 Å². The number of likely N-dealkylation sites (tertiary alicyclic amines) is 1. The number of amides is 2. The number of nitrogens with one attached hydrogen (secondary N) is 1. The summed E-state index contributed by atoms with van der Waals surface area (Å²) in [5.74, 6) is 0.0878. The van der Waals surface area contributed by atoms with Crippen LogP contribution in [0.1, 0.15) is 49.4 Å². The van der Waals surface area contributed by atoms with Gasteiger partial charge in [0.05, 0.1) is 6.61 Å². The van der Waals surface area contributed by atoms with Gasteiger partial charge in [0.25, 0.3) is 5.91 Å². The second-order valence-electron chi connectivity index (χ2n) is 7.70. The average molecular weight is 344 g/mol. The number of hydrogen-bond donors (Lipinski definition) is 2. The van der Waals surface area contributed by atoms with Gasteiger partial charge in [-0.1, -0.05) is 31.5 Å². The molecule has 1 aromatic rings. The molecule has 2 amide bonds. The van der Waals surface area contributed by atoms with Crippen molar-refractivity contribution in [1.29, 1.82) is 0 Å². The summed E-state index contributed by atoms with van der Waals surface area (Å²) in [6.45, 7) is 3.40. The quantitative estimate of drug-likeness (QED) is 0.880. The molecule has 2 fully saturated rings. The molecule has 0 radical (unpaired) electrons. The molecule has 2 unspecified atom stereocenters. The van der Waals surface area contributed by atoms with Crippen molar-refractivity contribution in [3.63, 3.8) is 0 Å². The molecule has 1 saturated carbocycles. The van der Waals surface area contributed by atoms with Gasteiger partial charge in [0.1, 0.15) is 0 Å². The van der Waals surface area contributed by atoms with Crippen molar-refractivity contribution in [1.82, 2.24) is 10.2 Å². The Bertz CT molecular complexity index is 611. The van der Waals surface area contributed by atoms with Crippen LogP contribution in [-0.2, 0) is 4.79 Å². The molecule has 2 aliphatic rings. The van der Waals surface area contributed by atoms with E-state index in [1.165, 1.54) is 0 Å². The summed E-state index contributed by atoms with van der Waals surface area (Å²) >= 11 is 0. The fourth-order valence-electron chi connectivity index (χ4n) is 4.07. The lowest BCUT2D eigenvalue weighted by Crippen LogP contribution is -2.49. The molecule has 1 aliphatic heterocycles. The molecule has 0 spiro atoms. The zero-order valence-corrected chi connectivity index (χ0v) is 14.9. The number of piperidine rings is 1. The molecular weight excluding hydrogens is 316 g/mol. The van der Waals surface area contributed by atoms with E-state index in [2.05, 4.69) is 5.32 Å². The molecule has 0 bridgehead atoms. The minimum absolute atomic E-state index is 0.0385. The van der Waals surface area contributed by atoms with Crippen LogP contribution in [0, 0.1) is 11.3 Å². The van der Waals surface area contributed by atoms with E-state index in [9.17, 15) is 14.7 Å². The van der Waals surface area contributed by atoms with Gasteiger partial charge in [0.15, 0.2) is 0 Å². The molecule has 5 nitrogen and oxygen atoms in total. The molecule has 2 N–H and O–H groups in total. The van der Waals surface area contributed by atoms with Gasteiger partial charge in [0, 0.05) is 36.0 Å². The second-order valence-corrected chi connectivity index (χ2v) is 7.70. The molecule has 5 heteroatoms. The molecule has 25 heavy (non-hydrogen) atoms. The van der Waals surface area contributed by atoms with Gasteiger partial charge in [-0.05, 0) is 37.8 Å². The van der Waals surface area contributed by atoms with Crippen LogP contribution in [0.25, 0.3) is 0 Å². The molecule has 136 valence electrons. The fourth-order valence-corrected chi connectivity index (χ4v) is 4.07. The Hall–Kier alpha value is -1.88. The zero-order valence-electron chi connectivity index (χ0n) is 14.9.